The Morgan fingerprint density at radius 3 is 2.84 bits per heavy atom. The molecule has 2 aliphatic rings. The van der Waals surface area contributed by atoms with Crippen LogP contribution in [0, 0.1) is 5.41 Å². The second-order valence-corrected chi connectivity index (χ2v) is 8.09. The van der Waals surface area contributed by atoms with Crippen LogP contribution in [0.1, 0.15) is 35.6 Å². The molecule has 0 saturated carbocycles. The molecule has 1 aromatic heterocycles. The topological polar surface area (TPSA) is 77.5 Å². The van der Waals surface area contributed by atoms with Crippen LogP contribution in [-0.2, 0) is 11.2 Å². The summed E-state index contributed by atoms with van der Waals surface area (Å²) in [5.41, 5.74) is 0.677. The quantitative estimate of drug-likeness (QED) is 0.893. The maximum absolute atomic E-state index is 12.5. The molecule has 0 unspecified atom stereocenters. The van der Waals surface area contributed by atoms with E-state index in [9.17, 15) is 9.59 Å². The minimum Gasteiger partial charge on any atom is -0.485 e. The van der Waals surface area contributed by atoms with Gasteiger partial charge in [0.15, 0.2) is 22.4 Å². The van der Waals surface area contributed by atoms with E-state index in [1.54, 1.807) is 12.1 Å². The van der Waals surface area contributed by atoms with Crippen molar-refractivity contribution in [1.29, 1.82) is 0 Å². The lowest BCUT2D eigenvalue weighted by Crippen LogP contribution is -2.40. The second-order valence-electron chi connectivity index (χ2n) is 7.09. The molecule has 0 radical (unpaired) electrons. The molecule has 1 amide bonds. The van der Waals surface area contributed by atoms with Crippen molar-refractivity contribution >= 4 is 28.2 Å². The summed E-state index contributed by atoms with van der Waals surface area (Å²) in [5.74, 6) is 0.941. The SMILES string of the molecule is CC1(C)CC(=O)c2sc(NC(=O)[C@H]3COc4ccccc4O3)nc2C1. The molecular weight excluding hydrogens is 340 g/mol. The number of hydrogen-bond acceptors (Lipinski definition) is 6. The Hall–Kier alpha value is -2.41. The Bertz CT molecular complexity index is 859. The second kappa shape index (κ2) is 5.84. The average Bonchev–Trinajstić information content (AvgIpc) is 2.95. The molecule has 7 heteroatoms. The number of hydrogen-bond donors (Lipinski definition) is 1. The number of para-hydroxylation sites is 2. The van der Waals surface area contributed by atoms with E-state index in [0.717, 1.165) is 12.1 Å². The number of amides is 1. The predicted octanol–water partition coefficient (Wildman–Crippen LogP) is 3.08. The van der Waals surface area contributed by atoms with E-state index in [2.05, 4.69) is 24.1 Å². The fourth-order valence-corrected chi connectivity index (χ4v) is 4.03. The number of rotatable bonds is 2. The number of thiazole rings is 1. The van der Waals surface area contributed by atoms with Crippen LogP contribution in [0.15, 0.2) is 24.3 Å². The molecule has 1 N–H and O–H groups in total. The number of carbonyl (C=O) groups excluding carboxylic acids is 2. The number of anilines is 1. The summed E-state index contributed by atoms with van der Waals surface area (Å²) in [6.45, 7) is 4.24. The fourth-order valence-electron chi connectivity index (χ4n) is 3.11. The van der Waals surface area contributed by atoms with Gasteiger partial charge < -0.3 is 9.47 Å². The van der Waals surface area contributed by atoms with Gasteiger partial charge in [-0.05, 0) is 24.0 Å². The van der Waals surface area contributed by atoms with E-state index >= 15 is 0 Å². The molecule has 0 saturated heterocycles. The van der Waals surface area contributed by atoms with E-state index < -0.39 is 6.10 Å². The van der Waals surface area contributed by atoms with E-state index in [1.165, 1.54) is 11.3 Å². The van der Waals surface area contributed by atoms with Crippen LogP contribution in [-0.4, -0.2) is 29.4 Å². The first-order chi connectivity index (χ1) is 11.9. The van der Waals surface area contributed by atoms with Gasteiger partial charge in [0, 0.05) is 6.42 Å². The summed E-state index contributed by atoms with van der Waals surface area (Å²) >= 11 is 1.23. The summed E-state index contributed by atoms with van der Waals surface area (Å²) in [5, 5.41) is 3.19. The molecular formula is C18H18N2O4S. The number of fused-ring (bicyclic) bond motifs is 2. The van der Waals surface area contributed by atoms with E-state index in [-0.39, 0.29) is 23.7 Å². The third kappa shape index (κ3) is 3.11. The molecule has 0 fully saturated rings. The summed E-state index contributed by atoms with van der Waals surface area (Å²) in [4.78, 5) is 29.8. The van der Waals surface area contributed by atoms with Crippen LogP contribution >= 0.6 is 11.3 Å². The molecule has 1 aliphatic heterocycles. The van der Waals surface area contributed by atoms with E-state index in [0.29, 0.717) is 27.9 Å². The molecule has 4 rings (SSSR count). The molecule has 130 valence electrons. The van der Waals surface area contributed by atoms with Crippen LogP contribution in [0.2, 0.25) is 0 Å². The minimum absolute atomic E-state index is 0.0930. The average molecular weight is 358 g/mol. The Kier molecular flexibility index (Phi) is 3.76. The molecule has 1 atom stereocenters. The first kappa shape index (κ1) is 16.1. The van der Waals surface area contributed by atoms with Crippen LogP contribution in [0.25, 0.3) is 0 Å². The van der Waals surface area contributed by atoms with Crippen LogP contribution in [0.5, 0.6) is 11.5 Å². The maximum Gasteiger partial charge on any atom is 0.270 e. The van der Waals surface area contributed by atoms with Gasteiger partial charge >= 0.3 is 0 Å². The predicted molar refractivity (Wildman–Crippen MR) is 93.5 cm³/mol. The Balaban J connectivity index is 1.49. The maximum atomic E-state index is 12.5. The van der Waals surface area contributed by atoms with Crippen molar-refractivity contribution in [3.8, 4) is 11.5 Å². The summed E-state index contributed by atoms with van der Waals surface area (Å²) in [7, 11) is 0. The lowest BCUT2D eigenvalue weighted by atomic mass is 9.78. The van der Waals surface area contributed by atoms with Gasteiger partial charge in [0.25, 0.3) is 5.91 Å². The number of ether oxygens (including phenoxy) is 2. The van der Waals surface area contributed by atoms with Crippen LogP contribution in [0.4, 0.5) is 5.13 Å². The molecule has 2 aromatic rings. The first-order valence-corrected chi connectivity index (χ1v) is 8.95. The van der Waals surface area contributed by atoms with Crippen molar-refractivity contribution in [2.75, 3.05) is 11.9 Å². The number of ketones is 1. The number of benzene rings is 1. The van der Waals surface area contributed by atoms with Gasteiger partial charge in [0.2, 0.25) is 6.10 Å². The highest BCUT2D eigenvalue weighted by Crippen LogP contribution is 2.38. The highest BCUT2D eigenvalue weighted by molar-refractivity contribution is 7.17. The highest BCUT2D eigenvalue weighted by atomic mass is 32.1. The third-order valence-electron chi connectivity index (χ3n) is 4.27. The zero-order valence-electron chi connectivity index (χ0n) is 14.0. The van der Waals surface area contributed by atoms with E-state index in [1.807, 2.05) is 12.1 Å². The van der Waals surface area contributed by atoms with Crippen molar-refractivity contribution < 1.29 is 19.1 Å². The molecule has 1 aliphatic carbocycles. The van der Waals surface area contributed by atoms with Crippen molar-refractivity contribution in [3.63, 3.8) is 0 Å². The highest BCUT2D eigenvalue weighted by Gasteiger charge is 2.35. The normalized spacial score (nSPS) is 20.7. The van der Waals surface area contributed by atoms with Crippen molar-refractivity contribution in [1.82, 2.24) is 4.98 Å². The van der Waals surface area contributed by atoms with Gasteiger partial charge in [-0.25, -0.2) is 4.98 Å². The van der Waals surface area contributed by atoms with Gasteiger partial charge in [-0.3, -0.25) is 14.9 Å². The van der Waals surface area contributed by atoms with Crippen LogP contribution < -0.4 is 14.8 Å². The summed E-state index contributed by atoms with van der Waals surface area (Å²) in [6, 6.07) is 7.23. The fraction of sp³-hybridized carbons (Fsp3) is 0.389. The zero-order valence-corrected chi connectivity index (χ0v) is 14.8. The van der Waals surface area contributed by atoms with Gasteiger partial charge in [0.1, 0.15) is 6.61 Å². The molecule has 0 bridgehead atoms. The van der Waals surface area contributed by atoms with Crippen LogP contribution in [0.3, 0.4) is 0 Å². The van der Waals surface area contributed by atoms with Gasteiger partial charge in [-0.2, -0.15) is 0 Å². The molecule has 6 nitrogen and oxygen atoms in total. The lowest BCUT2D eigenvalue weighted by molar-refractivity contribution is -0.125. The lowest BCUT2D eigenvalue weighted by Gasteiger charge is -2.26. The van der Waals surface area contributed by atoms with Gasteiger partial charge in [0.05, 0.1) is 10.6 Å². The largest absolute Gasteiger partial charge is 0.485 e. The van der Waals surface area contributed by atoms with Crippen molar-refractivity contribution in [2.45, 2.75) is 32.8 Å². The standard InChI is InChI=1S/C18H18N2O4S/c1-18(2)7-10-15(11(21)8-18)25-17(19-10)20-16(22)14-9-23-12-5-3-4-6-13(12)24-14/h3-6,14H,7-9H2,1-2H3,(H,19,20,22)/t14-/m1/s1. The zero-order chi connectivity index (χ0) is 17.6. The Labute approximate surface area is 149 Å². The monoisotopic (exact) mass is 358 g/mol. The number of nitrogens with one attached hydrogen (secondary N) is 1. The Morgan fingerprint density at radius 2 is 2.04 bits per heavy atom. The first-order valence-electron chi connectivity index (χ1n) is 8.13. The molecule has 25 heavy (non-hydrogen) atoms. The molecule has 0 spiro atoms. The number of Topliss-reactive ketones (excluding diaryl/α,β-unsaturated/α-hetero) is 1. The summed E-state index contributed by atoms with van der Waals surface area (Å²) < 4.78 is 11.3. The number of carbonyl (C=O) groups is 2. The number of aromatic nitrogens is 1. The summed E-state index contributed by atoms with van der Waals surface area (Å²) in [6.07, 6.45) is 0.492. The van der Waals surface area contributed by atoms with Gasteiger partial charge in [-0.1, -0.05) is 37.3 Å². The third-order valence-corrected chi connectivity index (χ3v) is 5.32. The van der Waals surface area contributed by atoms with Gasteiger partial charge in [-0.15, -0.1) is 0 Å². The van der Waals surface area contributed by atoms with Crippen molar-refractivity contribution in [3.05, 3.63) is 34.8 Å². The number of nitrogens with zero attached hydrogens (tertiary/aromatic N) is 1. The Morgan fingerprint density at radius 1 is 1.28 bits per heavy atom. The molecule has 1 aromatic carbocycles. The smallest absolute Gasteiger partial charge is 0.270 e. The van der Waals surface area contributed by atoms with E-state index in [4.69, 9.17) is 9.47 Å². The van der Waals surface area contributed by atoms with Crippen molar-refractivity contribution in [2.24, 2.45) is 5.41 Å². The minimum atomic E-state index is -0.747. The molecule has 2 heterocycles.